The number of benzene rings is 1. The average Bonchev–Trinajstić information content (AvgIpc) is 2.80. The van der Waals surface area contributed by atoms with E-state index < -0.39 is 0 Å². The smallest absolute Gasteiger partial charge is 0.220 e. The number of rotatable bonds is 7. The first-order valence-corrected chi connectivity index (χ1v) is 10.5. The van der Waals surface area contributed by atoms with Gasteiger partial charge in [-0.1, -0.05) is 18.2 Å². The summed E-state index contributed by atoms with van der Waals surface area (Å²) in [5.74, 6) is 2.30. The van der Waals surface area contributed by atoms with Crippen molar-refractivity contribution in [2.24, 2.45) is 10.9 Å². The fourth-order valence-corrected chi connectivity index (χ4v) is 3.61. The van der Waals surface area contributed by atoms with E-state index in [1.165, 1.54) is 0 Å². The van der Waals surface area contributed by atoms with Crippen molar-refractivity contribution in [3.63, 3.8) is 0 Å². The van der Waals surface area contributed by atoms with Gasteiger partial charge >= 0.3 is 0 Å². The van der Waals surface area contributed by atoms with Crippen LogP contribution in [0.2, 0.25) is 0 Å². The fraction of sp³-hybridized carbons (Fsp3) is 0.435. The Hall–Kier alpha value is -2.36. The molecule has 2 aromatic rings. The molecule has 1 aliphatic rings. The summed E-state index contributed by atoms with van der Waals surface area (Å²) in [6, 6.07) is 13.9. The first-order valence-electron chi connectivity index (χ1n) is 10.5. The summed E-state index contributed by atoms with van der Waals surface area (Å²) in [6.45, 7) is 2.94. The minimum Gasteiger partial charge on any atom is -0.487 e. The Morgan fingerprint density at radius 3 is 2.71 bits per heavy atom. The van der Waals surface area contributed by atoms with E-state index >= 15 is 0 Å². The second kappa shape index (κ2) is 13.1. The van der Waals surface area contributed by atoms with Crippen molar-refractivity contribution in [2.75, 3.05) is 27.2 Å². The number of carbonyl (C=O) groups is 1. The van der Waals surface area contributed by atoms with E-state index in [1.54, 1.807) is 13.2 Å². The quantitative estimate of drug-likeness (QED) is 0.322. The van der Waals surface area contributed by atoms with Crippen LogP contribution in [0.5, 0.6) is 5.75 Å². The van der Waals surface area contributed by atoms with Crippen LogP contribution < -0.4 is 15.4 Å². The molecule has 8 heteroatoms. The van der Waals surface area contributed by atoms with Crippen molar-refractivity contribution < 1.29 is 9.53 Å². The van der Waals surface area contributed by atoms with Gasteiger partial charge in [-0.3, -0.25) is 14.8 Å². The van der Waals surface area contributed by atoms with Gasteiger partial charge in [0.2, 0.25) is 5.91 Å². The standard InChI is InChI=1S/C23H31N5O2.HI/c1-24-22(29)15-18-9-12-28(13-10-18)23(25-2)27-16-19-6-5-8-21(14-19)30-17-20-7-3-4-11-26-20;/h3-8,11,14,18H,9-10,12-13,15-17H2,1-2H3,(H,24,29)(H,25,27);1H. The van der Waals surface area contributed by atoms with Crippen LogP contribution in [0.25, 0.3) is 0 Å². The lowest BCUT2D eigenvalue weighted by Gasteiger charge is -2.34. The van der Waals surface area contributed by atoms with E-state index in [2.05, 4.69) is 31.6 Å². The molecule has 168 valence electrons. The van der Waals surface area contributed by atoms with E-state index in [1.807, 2.05) is 43.4 Å². The number of nitrogens with one attached hydrogen (secondary N) is 2. The van der Waals surface area contributed by atoms with Crippen molar-refractivity contribution in [3.05, 3.63) is 59.9 Å². The molecule has 1 saturated heterocycles. The minimum atomic E-state index is 0. The van der Waals surface area contributed by atoms with Crippen LogP contribution in [0.3, 0.4) is 0 Å². The number of pyridine rings is 1. The maximum absolute atomic E-state index is 11.6. The third-order valence-corrected chi connectivity index (χ3v) is 5.34. The topological polar surface area (TPSA) is 78.9 Å². The Morgan fingerprint density at radius 2 is 2.03 bits per heavy atom. The summed E-state index contributed by atoms with van der Waals surface area (Å²) in [7, 11) is 3.51. The zero-order valence-electron chi connectivity index (χ0n) is 18.2. The molecule has 0 aliphatic carbocycles. The first kappa shape index (κ1) is 24.9. The molecule has 2 N–H and O–H groups in total. The predicted octanol–water partition coefficient (Wildman–Crippen LogP) is 3.20. The molecule has 0 unspecified atom stereocenters. The van der Waals surface area contributed by atoms with Gasteiger partial charge in [-0.15, -0.1) is 24.0 Å². The lowest BCUT2D eigenvalue weighted by molar-refractivity contribution is -0.121. The Morgan fingerprint density at radius 1 is 1.23 bits per heavy atom. The summed E-state index contributed by atoms with van der Waals surface area (Å²) in [5, 5.41) is 6.17. The van der Waals surface area contributed by atoms with Gasteiger partial charge in [-0.05, 0) is 48.6 Å². The number of aromatic nitrogens is 1. The van der Waals surface area contributed by atoms with Gasteiger partial charge in [0.05, 0.1) is 5.69 Å². The number of guanidine groups is 1. The molecular formula is C23H32IN5O2. The SMILES string of the molecule is CN=C(NCc1cccc(OCc2ccccn2)c1)N1CCC(CC(=O)NC)CC1.I. The largest absolute Gasteiger partial charge is 0.487 e. The van der Waals surface area contributed by atoms with E-state index in [0.717, 1.165) is 48.9 Å². The van der Waals surface area contributed by atoms with E-state index in [-0.39, 0.29) is 29.9 Å². The maximum Gasteiger partial charge on any atom is 0.220 e. The predicted molar refractivity (Wildman–Crippen MR) is 134 cm³/mol. The Kier molecular flexibility index (Phi) is 10.6. The number of amides is 1. The summed E-state index contributed by atoms with van der Waals surface area (Å²) in [6.07, 6.45) is 4.39. The molecular weight excluding hydrogens is 505 g/mol. The highest BCUT2D eigenvalue weighted by Gasteiger charge is 2.23. The van der Waals surface area contributed by atoms with Gasteiger partial charge in [0.1, 0.15) is 12.4 Å². The van der Waals surface area contributed by atoms with E-state index in [9.17, 15) is 4.79 Å². The van der Waals surface area contributed by atoms with Crippen LogP contribution in [0, 0.1) is 5.92 Å². The van der Waals surface area contributed by atoms with Crippen LogP contribution in [0.4, 0.5) is 0 Å². The molecule has 1 aromatic carbocycles. The number of hydrogen-bond donors (Lipinski definition) is 2. The molecule has 7 nitrogen and oxygen atoms in total. The second-order valence-electron chi connectivity index (χ2n) is 7.47. The molecule has 0 atom stereocenters. The van der Waals surface area contributed by atoms with E-state index in [4.69, 9.17) is 4.74 Å². The van der Waals surface area contributed by atoms with Gasteiger partial charge in [-0.25, -0.2) is 0 Å². The average molecular weight is 537 g/mol. The molecule has 0 radical (unpaired) electrons. The van der Waals surface area contributed by atoms with Crippen LogP contribution in [-0.4, -0.2) is 48.9 Å². The zero-order chi connectivity index (χ0) is 21.2. The summed E-state index contributed by atoms with van der Waals surface area (Å²) >= 11 is 0. The fourth-order valence-electron chi connectivity index (χ4n) is 3.61. The number of hydrogen-bond acceptors (Lipinski definition) is 4. The van der Waals surface area contributed by atoms with Crippen LogP contribution in [-0.2, 0) is 17.9 Å². The minimum absolute atomic E-state index is 0. The molecule has 1 aliphatic heterocycles. The number of ether oxygens (including phenoxy) is 1. The summed E-state index contributed by atoms with van der Waals surface area (Å²) < 4.78 is 5.87. The van der Waals surface area contributed by atoms with Crippen molar-refractivity contribution in [1.82, 2.24) is 20.5 Å². The normalized spacial score (nSPS) is 14.5. The number of halogens is 1. The van der Waals surface area contributed by atoms with Gasteiger partial charge in [-0.2, -0.15) is 0 Å². The van der Waals surface area contributed by atoms with Crippen molar-refractivity contribution >= 4 is 35.8 Å². The highest BCUT2D eigenvalue weighted by molar-refractivity contribution is 14.0. The molecule has 0 spiro atoms. The monoisotopic (exact) mass is 537 g/mol. The number of likely N-dealkylation sites (tertiary alicyclic amines) is 1. The van der Waals surface area contributed by atoms with Crippen LogP contribution in [0.15, 0.2) is 53.7 Å². The number of carbonyl (C=O) groups excluding carboxylic acids is 1. The molecule has 2 heterocycles. The lowest BCUT2D eigenvalue weighted by atomic mass is 9.93. The number of aliphatic imine (C=N–C) groups is 1. The van der Waals surface area contributed by atoms with Gasteiger partial charge in [0.15, 0.2) is 5.96 Å². The Bertz CT molecular complexity index is 839. The van der Waals surface area contributed by atoms with E-state index in [0.29, 0.717) is 25.5 Å². The van der Waals surface area contributed by atoms with Gasteiger partial charge < -0.3 is 20.3 Å². The molecule has 0 saturated carbocycles. The third-order valence-electron chi connectivity index (χ3n) is 5.34. The first-order chi connectivity index (χ1) is 14.7. The van der Waals surface area contributed by atoms with Crippen molar-refractivity contribution in [1.29, 1.82) is 0 Å². The highest BCUT2D eigenvalue weighted by atomic mass is 127. The van der Waals surface area contributed by atoms with Gasteiger partial charge in [0, 0.05) is 46.3 Å². The summed E-state index contributed by atoms with van der Waals surface area (Å²) in [4.78, 5) is 22.6. The molecule has 1 amide bonds. The molecule has 1 aromatic heterocycles. The third kappa shape index (κ3) is 8.01. The molecule has 1 fully saturated rings. The second-order valence-corrected chi connectivity index (χ2v) is 7.47. The maximum atomic E-state index is 11.6. The lowest BCUT2D eigenvalue weighted by Crippen LogP contribution is -2.45. The Labute approximate surface area is 201 Å². The molecule has 3 rings (SSSR count). The molecule has 31 heavy (non-hydrogen) atoms. The van der Waals surface area contributed by atoms with Crippen molar-refractivity contribution in [2.45, 2.75) is 32.4 Å². The highest BCUT2D eigenvalue weighted by Crippen LogP contribution is 2.20. The van der Waals surface area contributed by atoms with Crippen LogP contribution >= 0.6 is 24.0 Å². The summed E-state index contributed by atoms with van der Waals surface area (Å²) in [5.41, 5.74) is 2.03. The van der Waals surface area contributed by atoms with Crippen LogP contribution in [0.1, 0.15) is 30.5 Å². The number of nitrogens with zero attached hydrogens (tertiary/aromatic N) is 3. The Balaban J connectivity index is 0.00000341. The number of piperidine rings is 1. The molecule has 0 bridgehead atoms. The van der Waals surface area contributed by atoms with Gasteiger partial charge in [0.25, 0.3) is 0 Å². The van der Waals surface area contributed by atoms with Crippen molar-refractivity contribution in [3.8, 4) is 5.75 Å². The zero-order valence-corrected chi connectivity index (χ0v) is 20.5.